The van der Waals surface area contributed by atoms with Crippen molar-refractivity contribution in [1.82, 2.24) is 10.3 Å². The number of hydrogen-bond donors (Lipinski definition) is 2. The van der Waals surface area contributed by atoms with Gasteiger partial charge in [-0.1, -0.05) is 17.7 Å². The number of nitrogens with two attached hydrogens (primary N) is 1. The van der Waals surface area contributed by atoms with Crippen molar-refractivity contribution >= 4 is 23.4 Å². The lowest BCUT2D eigenvalue weighted by atomic mass is 10.1. The summed E-state index contributed by atoms with van der Waals surface area (Å²) in [5.74, 6) is -1.05. The number of carbonyl (C=O) groups excluding carboxylic acids is 2. The van der Waals surface area contributed by atoms with E-state index >= 15 is 0 Å². The van der Waals surface area contributed by atoms with Gasteiger partial charge in [-0.25, -0.2) is 4.98 Å². The monoisotopic (exact) mass is 315 g/mol. The molecule has 0 fully saturated rings. The molecule has 0 aliphatic heterocycles. The van der Waals surface area contributed by atoms with E-state index < -0.39 is 17.9 Å². The summed E-state index contributed by atoms with van der Waals surface area (Å²) in [5, 5.41) is 2.87. The molecule has 0 aliphatic carbocycles. The fourth-order valence-electron chi connectivity index (χ4n) is 1.53. The summed E-state index contributed by atoms with van der Waals surface area (Å²) in [7, 11) is 1.53. The minimum Gasteiger partial charge on any atom is -0.382 e. The number of hydrogen-bond acceptors (Lipinski definition) is 5. The van der Waals surface area contributed by atoms with Gasteiger partial charge in [-0.3, -0.25) is 9.59 Å². The number of nitrogens with zero attached hydrogens (tertiary/aromatic N) is 1. The summed E-state index contributed by atoms with van der Waals surface area (Å²) < 4.78 is 9.85. The lowest BCUT2D eigenvalue weighted by Crippen LogP contribution is -2.47. The second-order valence-electron chi connectivity index (χ2n) is 4.26. The topological polar surface area (TPSA) is 104 Å². The Labute approximate surface area is 127 Å². The molecule has 0 spiro atoms. The molecule has 1 atom stereocenters. The average Bonchev–Trinajstić information content (AvgIpc) is 2.45. The normalized spacial score (nSPS) is 11.9. The molecule has 0 saturated carbocycles. The standard InChI is InChI=1S/C13H18ClN3O4/c1-20-4-5-21-8-12(18)17-10(13(15)19)6-9-2-3-11(14)16-7-9/h2-3,7,10H,4-6,8H2,1H3,(H2,15,19)(H,17,18)/t10-/m0/s1. The van der Waals surface area contributed by atoms with Gasteiger partial charge in [-0.05, 0) is 11.6 Å². The van der Waals surface area contributed by atoms with E-state index in [4.69, 9.17) is 26.8 Å². The molecule has 1 heterocycles. The van der Waals surface area contributed by atoms with Crippen LogP contribution in [0.1, 0.15) is 5.56 Å². The molecule has 7 nitrogen and oxygen atoms in total. The summed E-state index contributed by atoms with van der Waals surface area (Å²) in [6, 6.07) is 2.49. The lowest BCUT2D eigenvalue weighted by Gasteiger charge is -2.15. The van der Waals surface area contributed by atoms with Crippen LogP contribution in [-0.4, -0.2) is 49.8 Å². The van der Waals surface area contributed by atoms with Gasteiger partial charge >= 0.3 is 0 Å². The van der Waals surface area contributed by atoms with Crippen LogP contribution in [-0.2, 0) is 25.5 Å². The number of rotatable bonds is 9. The van der Waals surface area contributed by atoms with Gasteiger partial charge in [0.1, 0.15) is 17.8 Å². The summed E-state index contributed by atoms with van der Waals surface area (Å²) in [5.41, 5.74) is 6.02. The minimum absolute atomic E-state index is 0.161. The van der Waals surface area contributed by atoms with Gasteiger partial charge in [-0.15, -0.1) is 0 Å². The molecule has 1 aromatic rings. The highest BCUT2D eigenvalue weighted by Gasteiger charge is 2.18. The number of carbonyl (C=O) groups is 2. The van der Waals surface area contributed by atoms with Crippen molar-refractivity contribution < 1.29 is 19.1 Å². The maximum atomic E-state index is 11.6. The number of aromatic nitrogens is 1. The van der Waals surface area contributed by atoms with Crippen LogP contribution in [0.2, 0.25) is 5.15 Å². The van der Waals surface area contributed by atoms with Crippen LogP contribution in [0.3, 0.4) is 0 Å². The molecule has 0 unspecified atom stereocenters. The first-order chi connectivity index (χ1) is 10.0. The zero-order chi connectivity index (χ0) is 15.7. The van der Waals surface area contributed by atoms with Crippen LogP contribution in [0.25, 0.3) is 0 Å². The van der Waals surface area contributed by atoms with Crippen molar-refractivity contribution in [2.75, 3.05) is 26.9 Å². The third-order valence-corrected chi connectivity index (χ3v) is 2.80. The van der Waals surface area contributed by atoms with Crippen LogP contribution in [0.4, 0.5) is 0 Å². The van der Waals surface area contributed by atoms with Gasteiger partial charge in [0.05, 0.1) is 13.2 Å². The second kappa shape index (κ2) is 9.28. The Kier molecular flexibility index (Phi) is 7.66. The Balaban J connectivity index is 2.48. The Hall–Kier alpha value is -1.70. The first kappa shape index (κ1) is 17.4. The molecule has 116 valence electrons. The van der Waals surface area contributed by atoms with Crippen molar-refractivity contribution in [3.05, 3.63) is 29.0 Å². The number of ether oxygens (including phenoxy) is 2. The molecule has 21 heavy (non-hydrogen) atoms. The number of amides is 2. The zero-order valence-corrected chi connectivity index (χ0v) is 12.4. The molecule has 0 aromatic carbocycles. The highest BCUT2D eigenvalue weighted by atomic mass is 35.5. The fourth-order valence-corrected chi connectivity index (χ4v) is 1.64. The van der Waals surface area contributed by atoms with Crippen molar-refractivity contribution in [3.63, 3.8) is 0 Å². The largest absolute Gasteiger partial charge is 0.382 e. The average molecular weight is 316 g/mol. The maximum absolute atomic E-state index is 11.6. The van der Waals surface area contributed by atoms with Gasteiger partial charge in [0.15, 0.2) is 0 Å². The molecule has 2 amide bonds. The quantitative estimate of drug-likeness (QED) is 0.489. The van der Waals surface area contributed by atoms with Crippen molar-refractivity contribution in [1.29, 1.82) is 0 Å². The number of pyridine rings is 1. The molecule has 0 radical (unpaired) electrons. The van der Waals surface area contributed by atoms with Crippen LogP contribution < -0.4 is 11.1 Å². The van der Waals surface area contributed by atoms with Crippen LogP contribution >= 0.6 is 11.6 Å². The van der Waals surface area contributed by atoms with Crippen molar-refractivity contribution in [2.45, 2.75) is 12.5 Å². The predicted octanol–water partition coefficient (Wildman–Crippen LogP) is -0.0894. The van der Waals surface area contributed by atoms with Gasteiger partial charge in [-0.2, -0.15) is 0 Å². The smallest absolute Gasteiger partial charge is 0.246 e. The number of nitrogens with one attached hydrogen (secondary N) is 1. The molecule has 0 bridgehead atoms. The zero-order valence-electron chi connectivity index (χ0n) is 11.7. The molecular formula is C13H18ClN3O4. The Morgan fingerprint density at radius 2 is 2.19 bits per heavy atom. The van der Waals surface area contributed by atoms with Gasteiger partial charge < -0.3 is 20.5 Å². The molecule has 1 rings (SSSR count). The number of halogens is 1. The summed E-state index contributed by atoms with van der Waals surface area (Å²) >= 11 is 5.68. The third kappa shape index (κ3) is 7.03. The van der Waals surface area contributed by atoms with Crippen LogP contribution in [0.5, 0.6) is 0 Å². The molecule has 0 aliphatic rings. The third-order valence-electron chi connectivity index (χ3n) is 2.57. The molecule has 8 heteroatoms. The van der Waals surface area contributed by atoms with E-state index in [1.807, 2.05) is 0 Å². The maximum Gasteiger partial charge on any atom is 0.246 e. The van der Waals surface area contributed by atoms with Gasteiger partial charge in [0, 0.05) is 19.7 Å². The summed E-state index contributed by atoms with van der Waals surface area (Å²) in [4.78, 5) is 26.9. The Morgan fingerprint density at radius 3 is 2.76 bits per heavy atom. The number of primary amides is 1. The second-order valence-corrected chi connectivity index (χ2v) is 4.65. The fraction of sp³-hybridized carbons (Fsp3) is 0.462. The van der Waals surface area contributed by atoms with E-state index in [2.05, 4.69) is 10.3 Å². The van der Waals surface area contributed by atoms with Gasteiger partial charge in [0.2, 0.25) is 11.8 Å². The molecular weight excluding hydrogens is 298 g/mol. The summed E-state index contributed by atoms with van der Waals surface area (Å²) in [6.45, 7) is 0.529. The van der Waals surface area contributed by atoms with E-state index in [0.29, 0.717) is 18.4 Å². The highest BCUT2D eigenvalue weighted by molar-refractivity contribution is 6.29. The highest BCUT2D eigenvalue weighted by Crippen LogP contribution is 2.07. The number of methoxy groups -OCH3 is 1. The first-order valence-electron chi connectivity index (χ1n) is 6.28. The first-order valence-corrected chi connectivity index (χ1v) is 6.66. The van der Waals surface area contributed by atoms with E-state index in [1.165, 1.54) is 13.3 Å². The van der Waals surface area contributed by atoms with Gasteiger partial charge in [0.25, 0.3) is 0 Å². The van der Waals surface area contributed by atoms with E-state index in [-0.39, 0.29) is 13.0 Å². The predicted molar refractivity (Wildman–Crippen MR) is 76.8 cm³/mol. The van der Waals surface area contributed by atoms with Crippen LogP contribution in [0.15, 0.2) is 18.3 Å². The lowest BCUT2D eigenvalue weighted by molar-refractivity contribution is -0.130. The van der Waals surface area contributed by atoms with Crippen molar-refractivity contribution in [2.24, 2.45) is 5.73 Å². The molecule has 1 aromatic heterocycles. The molecule has 3 N–H and O–H groups in total. The minimum atomic E-state index is -0.827. The molecule has 0 saturated heterocycles. The van der Waals surface area contributed by atoms with Crippen LogP contribution in [0, 0.1) is 0 Å². The Bertz CT molecular complexity index is 467. The SMILES string of the molecule is COCCOCC(=O)N[C@@H](Cc1ccc(Cl)nc1)C(N)=O. The van der Waals surface area contributed by atoms with E-state index in [9.17, 15) is 9.59 Å². The Morgan fingerprint density at radius 1 is 1.43 bits per heavy atom. The van der Waals surface area contributed by atoms with E-state index in [1.54, 1.807) is 12.1 Å². The van der Waals surface area contributed by atoms with Crippen molar-refractivity contribution in [3.8, 4) is 0 Å². The summed E-state index contributed by atoms with van der Waals surface area (Å²) in [6.07, 6.45) is 1.77. The van der Waals surface area contributed by atoms with E-state index in [0.717, 1.165) is 5.56 Å².